The molecule has 0 N–H and O–H groups in total. The molecule has 1 heterocycles. The van der Waals surface area contributed by atoms with Gasteiger partial charge in [0.05, 0.1) is 24.3 Å². The molecule has 0 spiro atoms. The van der Waals surface area contributed by atoms with Gasteiger partial charge in [-0.25, -0.2) is 4.79 Å². The summed E-state index contributed by atoms with van der Waals surface area (Å²) in [6.45, 7) is 1.33. The molecule has 1 aromatic carbocycles. The van der Waals surface area contributed by atoms with E-state index in [0.717, 1.165) is 7.11 Å². The molecular weight excluding hydrogens is 407 g/mol. The Balaban J connectivity index is 2.34. The molecule has 1 aromatic rings. The summed E-state index contributed by atoms with van der Waals surface area (Å²) in [5.74, 6) is -2.78. The third kappa shape index (κ3) is 4.02. The van der Waals surface area contributed by atoms with Crippen LogP contribution < -0.4 is 0 Å². The average molecular weight is 423 g/mol. The number of halogens is 3. The van der Waals surface area contributed by atoms with Crippen LogP contribution in [0.4, 0.5) is 13.2 Å². The Labute approximate surface area is 158 Å². The summed E-state index contributed by atoms with van der Waals surface area (Å²) in [4.78, 5) is 37.8. The highest BCUT2D eigenvalue weighted by molar-refractivity contribution is 7.87. The van der Waals surface area contributed by atoms with E-state index in [1.54, 1.807) is 0 Å². The van der Waals surface area contributed by atoms with Crippen LogP contribution in [-0.2, 0) is 23.8 Å². The van der Waals surface area contributed by atoms with Gasteiger partial charge < -0.3 is 4.74 Å². The quantitative estimate of drug-likeness (QED) is 0.285. The van der Waals surface area contributed by atoms with Crippen molar-refractivity contribution in [1.82, 2.24) is 4.90 Å². The summed E-state index contributed by atoms with van der Waals surface area (Å²) in [7, 11) is -4.97. The normalized spacial score (nSPS) is 16.7. The summed E-state index contributed by atoms with van der Waals surface area (Å²) in [5, 5.41) is 0. The van der Waals surface area contributed by atoms with Crippen molar-refractivity contribution in [3.05, 3.63) is 35.4 Å². The number of esters is 1. The number of amides is 2. The highest BCUT2D eigenvalue weighted by Gasteiger charge is 2.50. The summed E-state index contributed by atoms with van der Waals surface area (Å²) < 4.78 is 69.0. The summed E-state index contributed by atoms with van der Waals surface area (Å²) in [5.41, 5.74) is -5.63. The Morgan fingerprint density at radius 3 is 2.04 bits per heavy atom. The first kappa shape index (κ1) is 21.8. The van der Waals surface area contributed by atoms with Crippen LogP contribution in [0.1, 0.15) is 40.5 Å². The van der Waals surface area contributed by atoms with Crippen LogP contribution in [0.2, 0.25) is 0 Å². The van der Waals surface area contributed by atoms with Gasteiger partial charge in [-0.2, -0.15) is 21.6 Å². The topological polar surface area (TPSA) is 107 Å². The van der Waals surface area contributed by atoms with Crippen molar-refractivity contribution in [3.8, 4) is 0 Å². The molecule has 2 rings (SSSR count). The summed E-state index contributed by atoms with van der Waals surface area (Å²) in [6, 6.07) is 4.03. The van der Waals surface area contributed by atoms with Crippen LogP contribution in [0, 0.1) is 0 Å². The van der Waals surface area contributed by atoms with E-state index in [2.05, 4.69) is 8.92 Å². The molecule has 0 fully saturated rings. The maximum absolute atomic E-state index is 12.6. The number of rotatable bonds is 7. The predicted molar refractivity (Wildman–Crippen MR) is 87.5 cm³/mol. The summed E-state index contributed by atoms with van der Waals surface area (Å²) >= 11 is 0. The van der Waals surface area contributed by atoms with Gasteiger partial charge in [0.15, 0.2) is 0 Å². The lowest BCUT2D eigenvalue weighted by Crippen LogP contribution is -2.47. The van der Waals surface area contributed by atoms with Gasteiger partial charge in [0.25, 0.3) is 11.8 Å². The highest BCUT2D eigenvalue weighted by atomic mass is 32.2. The first-order chi connectivity index (χ1) is 12.9. The van der Waals surface area contributed by atoms with Gasteiger partial charge >= 0.3 is 21.6 Å². The molecule has 0 bridgehead atoms. The summed E-state index contributed by atoms with van der Waals surface area (Å²) in [6.07, 6.45) is -2.56. The minimum absolute atomic E-state index is 0.0123. The monoisotopic (exact) mass is 423 g/mol. The lowest BCUT2D eigenvalue weighted by atomic mass is 10.1. The van der Waals surface area contributed by atoms with E-state index in [0.29, 0.717) is 4.90 Å². The van der Waals surface area contributed by atoms with Crippen LogP contribution >= 0.6 is 0 Å². The molecule has 0 unspecified atom stereocenters. The molecule has 12 heteroatoms. The van der Waals surface area contributed by atoms with Crippen LogP contribution in [0.15, 0.2) is 24.3 Å². The van der Waals surface area contributed by atoms with Crippen LogP contribution in [0.25, 0.3) is 0 Å². The molecule has 0 aliphatic carbocycles. The number of alkyl halides is 3. The number of ether oxygens (including phenoxy) is 1. The number of imide groups is 1. The fraction of sp³-hybridized carbons (Fsp3) is 0.438. The lowest BCUT2D eigenvalue weighted by Gasteiger charge is -2.27. The number of benzene rings is 1. The number of methoxy groups -OCH3 is 1. The third-order valence-corrected chi connectivity index (χ3v) is 5.19. The molecule has 1 aliphatic heterocycles. The van der Waals surface area contributed by atoms with Gasteiger partial charge in [0, 0.05) is 6.42 Å². The fourth-order valence-electron chi connectivity index (χ4n) is 2.69. The zero-order valence-electron chi connectivity index (χ0n) is 14.7. The molecule has 154 valence electrons. The Morgan fingerprint density at radius 1 is 1.14 bits per heavy atom. The number of hydrogen-bond donors (Lipinski definition) is 0. The maximum atomic E-state index is 12.6. The molecule has 28 heavy (non-hydrogen) atoms. The van der Waals surface area contributed by atoms with Gasteiger partial charge in [-0.3, -0.25) is 18.7 Å². The van der Waals surface area contributed by atoms with Crippen molar-refractivity contribution in [2.45, 2.75) is 37.4 Å². The van der Waals surface area contributed by atoms with Crippen molar-refractivity contribution < 1.29 is 44.9 Å². The molecule has 1 aliphatic rings. The molecular formula is C16H16F3NO7S. The van der Waals surface area contributed by atoms with E-state index in [1.807, 2.05) is 0 Å². The van der Waals surface area contributed by atoms with Crippen molar-refractivity contribution in [1.29, 1.82) is 0 Å². The molecule has 0 radical (unpaired) electrons. The van der Waals surface area contributed by atoms with Crippen molar-refractivity contribution in [2.75, 3.05) is 7.11 Å². The first-order valence-electron chi connectivity index (χ1n) is 7.98. The second-order valence-electron chi connectivity index (χ2n) is 5.83. The third-order valence-electron chi connectivity index (χ3n) is 4.10. The van der Waals surface area contributed by atoms with E-state index >= 15 is 0 Å². The molecule has 0 aromatic heterocycles. The minimum Gasteiger partial charge on any atom is -0.467 e. The van der Waals surface area contributed by atoms with Gasteiger partial charge in [-0.15, -0.1) is 0 Å². The Kier molecular flexibility index (Phi) is 6.14. The van der Waals surface area contributed by atoms with E-state index < -0.39 is 52.0 Å². The Bertz CT molecular complexity index is 863. The number of nitrogens with zero attached hydrogens (tertiary/aromatic N) is 1. The smallest absolute Gasteiger partial charge is 0.467 e. The van der Waals surface area contributed by atoms with Crippen LogP contribution in [0.3, 0.4) is 0 Å². The molecule has 0 saturated heterocycles. The predicted octanol–water partition coefficient (Wildman–Crippen LogP) is 1.86. The maximum Gasteiger partial charge on any atom is 0.523 e. The van der Waals surface area contributed by atoms with Crippen LogP contribution in [0.5, 0.6) is 0 Å². The number of hydrogen-bond acceptors (Lipinski definition) is 7. The first-order valence-corrected chi connectivity index (χ1v) is 9.39. The lowest BCUT2D eigenvalue weighted by molar-refractivity contribution is -0.146. The second kappa shape index (κ2) is 7.87. The Hall–Kier alpha value is -2.47. The van der Waals surface area contributed by atoms with E-state index in [-0.39, 0.29) is 17.5 Å². The zero-order valence-corrected chi connectivity index (χ0v) is 15.5. The molecule has 2 amide bonds. The average Bonchev–Trinajstić information content (AvgIpc) is 2.88. The molecule has 2 atom stereocenters. The molecule has 8 nitrogen and oxygen atoms in total. The van der Waals surface area contributed by atoms with Gasteiger partial charge in [-0.05, 0) is 18.6 Å². The number of carbonyl (C=O) groups excluding carboxylic acids is 3. The Morgan fingerprint density at radius 2 is 1.64 bits per heavy atom. The van der Waals surface area contributed by atoms with E-state index in [1.165, 1.54) is 31.2 Å². The highest BCUT2D eigenvalue weighted by Crippen LogP contribution is 2.30. The van der Waals surface area contributed by atoms with Crippen molar-refractivity contribution >= 4 is 27.9 Å². The van der Waals surface area contributed by atoms with E-state index in [4.69, 9.17) is 0 Å². The van der Waals surface area contributed by atoms with Gasteiger partial charge in [0.1, 0.15) is 6.04 Å². The van der Waals surface area contributed by atoms with Gasteiger partial charge in [-0.1, -0.05) is 19.1 Å². The SMILES string of the molecule is CC[C@H](C[C@H](C(=O)OC)N1C(=O)c2ccccc2C1=O)OS(=O)(=O)C(F)(F)F. The van der Waals surface area contributed by atoms with Crippen molar-refractivity contribution in [3.63, 3.8) is 0 Å². The number of carbonyl (C=O) groups is 3. The van der Waals surface area contributed by atoms with Crippen molar-refractivity contribution in [2.24, 2.45) is 0 Å². The zero-order chi connectivity index (χ0) is 21.3. The fourth-order valence-corrected chi connectivity index (χ4v) is 3.37. The second-order valence-corrected chi connectivity index (χ2v) is 7.39. The minimum atomic E-state index is -5.93. The van der Waals surface area contributed by atoms with Gasteiger partial charge in [0.2, 0.25) is 0 Å². The van der Waals surface area contributed by atoms with E-state index in [9.17, 15) is 36.0 Å². The molecule has 0 saturated carbocycles. The number of fused-ring (bicyclic) bond motifs is 1. The van der Waals surface area contributed by atoms with Crippen LogP contribution in [-0.4, -0.2) is 55.9 Å². The standard InChI is InChI=1S/C16H16F3NO7S/c1-3-9(27-28(24,25)16(17,18)19)8-12(15(23)26-2)20-13(21)10-6-4-5-7-11(10)14(20)22/h4-7,9,12H,3,8H2,1-2H3/t9-,12-/m1/s1. The largest absolute Gasteiger partial charge is 0.523 e.